The number of alkyl halides is 1. The van der Waals surface area contributed by atoms with E-state index >= 15 is 0 Å². The van der Waals surface area contributed by atoms with Gasteiger partial charge in [-0.3, -0.25) is 14.5 Å². The lowest BCUT2D eigenvalue weighted by Gasteiger charge is -2.30. The molecule has 15 heteroatoms. The number of carbonyl (C=O) groups is 2. The number of ether oxygens (including phenoxy) is 2. The van der Waals surface area contributed by atoms with Gasteiger partial charge in [-0.25, -0.2) is 9.36 Å². The smallest absolute Gasteiger partial charge is 0.269 e. The van der Waals surface area contributed by atoms with Gasteiger partial charge >= 0.3 is 0 Å². The third-order valence-electron chi connectivity index (χ3n) is 8.55. The average Bonchev–Trinajstić information content (AvgIpc) is 3.67. The Bertz CT molecular complexity index is 2210. The molecule has 2 aromatic heterocycles. The molecule has 0 atom stereocenters. The summed E-state index contributed by atoms with van der Waals surface area (Å²) in [5.74, 6) is 0.304. The molecule has 53 heavy (non-hydrogen) atoms. The number of hydrogen-bond donors (Lipinski definition) is 3. The second kappa shape index (κ2) is 18.5. The molecule has 8 rings (SSSR count). The van der Waals surface area contributed by atoms with Crippen molar-refractivity contribution in [2.24, 2.45) is 11.5 Å². The molecule has 6 aromatic rings. The fourth-order valence-corrected chi connectivity index (χ4v) is 6.79. The van der Waals surface area contributed by atoms with Crippen molar-refractivity contribution in [3.05, 3.63) is 103 Å². The predicted molar refractivity (Wildman–Crippen MR) is 228 cm³/mol. The van der Waals surface area contributed by atoms with Crippen molar-refractivity contribution in [3.8, 4) is 22.9 Å². The molecule has 0 spiro atoms. The molecule has 276 valence electrons. The first kappa shape index (κ1) is 38.9. The Kier molecular flexibility index (Phi) is 13.6. The van der Waals surface area contributed by atoms with Crippen molar-refractivity contribution in [1.82, 2.24) is 29.8 Å². The minimum absolute atomic E-state index is 0.239. The van der Waals surface area contributed by atoms with Gasteiger partial charge in [0.15, 0.2) is 11.4 Å². The number of nitrogens with one attached hydrogen (secondary N) is 1. The molecule has 12 nitrogen and oxygen atoms in total. The van der Waals surface area contributed by atoms with Crippen LogP contribution >= 0.6 is 61.1 Å². The topological polar surface area (TPSA) is 156 Å². The first-order valence-electron chi connectivity index (χ1n) is 17.1. The summed E-state index contributed by atoms with van der Waals surface area (Å²) in [7, 11) is 0. The molecule has 2 saturated heterocycles. The monoisotopic (exact) mass is 1000 g/mol. The van der Waals surface area contributed by atoms with E-state index in [9.17, 15) is 9.59 Å². The minimum atomic E-state index is -0.558. The fraction of sp³-hybridized carbons (Fsp3) is 0.263. The summed E-state index contributed by atoms with van der Waals surface area (Å²) in [6.07, 6.45) is 2.66. The average molecular weight is 1010 g/mol. The number of hydrogen-bond acceptors (Lipinski definition) is 8. The molecular formula is C38H39BrI2N8O4. The zero-order valence-corrected chi connectivity index (χ0v) is 34.7. The van der Waals surface area contributed by atoms with Crippen molar-refractivity contribution in [2.45, 2.75) is 12.8 Å². The number of primary amides is 2. The SMILES string of the molecule is C1CNC1.NC(=O)c1nn(-c2cccc(I)c2)c2ccc(OCCBr)cc12.NC(=O)c1nn(-c2cccc(I)c2)c2ccc(OCCN3CCC3)cc12. The number of fused-ring (bicyclic) bond motifs is 2. The first-order chi connectivity index (χ1) is 25.7. The Morgan fingerprint density at radius 3 is 1.57 bits per heavy atom. The molecule has 0 bridgehead atoms. The number of likely N-dealkylation sites (tertiary alicyclic amines) is 1. The highest BCUT2D eigenvalue weighted by atomic mass is 127. The summed E-state index contributed by atoms with van der Waals surface area (Å²) in [5, 5.41) is 14.1. The molecule has 2 aliphatic heterocycles. The van der Waals surface area contributed by atoms with E-state index < -0.39 is 11.8 Å². The highest BCUT2D eigenvalue weighted by Gasteiger charge is 2.19. The molecule has 0 radical (unpaired) electrons. The Morgan fingerprint density at radius 1 is 0.717 bits per heavy atom. The van der Waals surface area contributed by atoms with Crippen molar-refractivity contribution in [3.63, 3.8) is 0 Å². The Labute approximate surface area is 342 Å². The second-order valence-electron chi connectivity index (χ2n) is 12.3. The summed E-state index contributed by atoms with van der Waals surface area (Å²) in [6.45, 7) is 6.89. The summed E-state index contributed by atoms with van der Waals surface area (Å²) in [5.41, 5.74) is 14.9. The number of halogens is 3. The third-order valence-corrected chi connectivity index (χ3v) is 10.2. The van der Waals surface area contributed by atoms with Crippen LogP contribution < -0.4 is 26.3 Å². The van der Waals surface area contributed by atoms with E-state index in [4.69, 9.17) is 20.9 Å². The van der Waals surface area contributed by atoms with Crippen LogP contribution in [0.3, 0.4) is 0 Å². The van der Waals surface area contributed by atoms with Crippen LogP contribution in [0, 0.1) is 7.14 Å². The first-order valence-corrected chi connectivity index (χ1v) is 20.4. The molecule has 2 amide bonds. The van der Waals surface area contributed by atoms with Crippen molar-refractivity contribution in [1.29, 1.82) is 0 Å². The van der Waals surface area contributed by atoms with Crippen LogP contribution in [0.15, 0.2) is 84.9 Å². The quantitative estimate of drug-likeness (QED) is 0.101. The van der Waals surface area contributed by atoms with E-state index in [2.05, 4.69) is 81.5 Å². The summed E-state index contributed by atoms with van der Waals surface area (Å²) in [6, 6.07) is 27.0. The number of aromatic nitrogens is 4. The van der Waals surface area contributed by atoms with Gasteiger partial charge in [-0.05, 0) is 157 Å². The van der Waals surface area contributed by atoms with Crippen LogP contribution in [0.2, 0.25) is 0 Å². The van der Waals surface area contributed by atoms with Gasteiger partial charge in [-0.1, -0.05) is 28.1 Å². The maximum Gasteiger partial charge on any atom is 0.269 e. The minimum Gasteiger partial charge on any atom is -0.493 e. The largest absolute Gasteiger partial charge is 0.493 e. The van der Waals surface area contributed by atoms with Crippen molar-refractivity contribution < 1.29 is 19.1 Å². The number of rotatable bonds is 11. The molecule has 2 aliphatic rings. The maximum absolute atomic E-state index is 11.9. The predicted octanol–water partition coefficient (Wildman–Crippen LogP) is 6.30. The van der Waals surface area contributed by atoms with Gasteiger partial charge in [0.25, 0.3) is 11.8 Å². The highest BCUT2D eigenvalue weighted by Crippen LogP contribution is 2.28. The van der Waals surface area contributed by atoms with Gasteiger partial charge in [-0.15, -0.1) is 0 Å². The summed E-state index contributed by atoms with van der Waals surface area (Å²) in [4.78, 5) is 26.0. The molecule has 0 unspecified atom stereocenters. The molecule has 2 fully saturated rings. The lowest BCUT2D eigenvalue weighted by Crippen LogP contribution is -2.39. The molecular weight excluding hydrogens is 966 g/mol. The highest BCUT2D eigenvalue weighted by molar-refractivity contribution is 14.1. The second-order valence-corrected chi connectivity index (χ2v) is 15.5. The van der Waals surface area contributed by atoms with E-state index in [1.807, 2.05) is 78.9 Å². The van der Waals surface area contributed by atoms with Crippen LogP contribution in [0.5, 0.6) is 11.5 Å². The number of nitrogens with zero attached hydrogens (tertiary/aromatic N) is 5. The molecule has 0 aliphatic carbocycles. The molecule has 4 aromatic carbocycles. The Morgan fingerprint density at radius 2 is 1.19 bits per heavy atom. The van der Waals surface area contributed by atoms with E-state index in [0.717, 1.165) is 60.3 Å². The van der Waals surface area contributed by atoms with E-state index in [1.54, 1.807) is 15.4 Å². The maximum atomic E-state index is 11.9. The normalized spacial score (nSPS) is 13.6. The van der Waals surface area contributed by atoms with Crippen LogP contribution in [0.1, 0.15) is 33.8 Å². The van der Waals surface area contributed by atoms with Gasteiger partial charge in [0, 0.05) is 29.8 Å². The molecule has 4 heterocycles. The molecule has 0 saturated carbocycles. The van der Waals surface area contributed by atoms with Crippen molar-refractivity contribution >= 4 is 94.7 Å². The van der Waals surface area contributed by atoms with Crippen LogP contribution in [0.25, 0.3) is 33.2 Å². The Hall–Kier alpha value is -3.78. The lowest BCUT2D eigenvalue weighted by atomic mass is 10.2. The van der Waals surface area contributed by atoms with E-state index in [-0.39, 0.29) is 11.4 Å². The molecule has 5 N–H and O–H groups in total. The van der Waals surface area contributed by atoms with Crippen LogP contribution in [-0.4, -0.2) is 87.5 Å². The fourth-order valence-electron chi connectivity index (χ4n) is 5.58. The van der Waals surface area contributed by atoms with Crippen LogP contribution in [0.4, 0.5) is 0 Å². The van der Waals surface area contributed by atoms with Gasteiger partial charge in [-0.2, -0.15) is 10.2 Å². The zero-order chi connectivity index (χ0) is 37.3. The number of amides is 2. The Balaban J connectivity index is 0.000000165. The van der Waals surface area contributed by atoms with Gasteiger partial charge < -0.3 is 26.3 Å². The third kappa shape index (κ3) is 9.86. The van der Waals surface area contributed by atoms with Crippen LogP contribution in [-0.2, 0) is 0 Å². The summed E-state index contributed by atoms with van der Waals surface area (Å²) >= 11 is 7.81. The lowest BCUT2D eigenvalue weighted by molar-refractivity contribution is 0.0988. The van der Waals surface area contributed by atoms with Gasteiger partial charge in [0.2, 0.25) is 0 Å². The summed E-state index contributed by atoms with van der Waals surface area (Å²) < 4.78 is 17.1. The van der Waals surface area contributed by atoms with Crippen molar-refractivity contribution in [2.75, 3.05) is 51.3 Å². The van der Waals surface area contributed by atoms with E-state index in [0.29, 0.717) is 29.7 Å². The number of nitrogens with two attached hydrogens (primary N) is 2. The van der Waals surface area contributed by atoms with Gasteiger partial charge in [0.1, 0.15) is 18.1 Å². The van der Waals surface area contributed by atoms with Gasteiger partial charge in [0.05, 0.1) is 29.0 Å². The zero-order valence-electron chi connectivity index (χ0n) is 28.8. The van der Waals surface area contributed by atoms with E-state index in [1.165, 1.54) is 25.9 Å². The standard InChI is InChI=1S/C19H19IN4O2.C16H13BrIN3O2.C3H7N/c20-13-3-1-4-14(11-13)24-17-6-5-15(26-10-9-23-7-2-8-23)12-16(17)18(22-24)19(21)25;17-6-7-23-12-4-5-14-13(9-12)15(16(19)22)20-21(14)11-3-1-2-10(18)8-11;1-2-4-3-1/h1,3-6,11-12H,2,7-10H2,(H2,21,25);1-5,8-9H,6-7H2,(H2,19,22);4H,1-3H2. The number of carbonyl (C=O) groups excluding carboxylic acids is 2. The number of benzene rings is 4.